The summed E-state index contributed by atoms with van der Waals surface area (Å²) in [6.07, 6.45) is 3.98. The number of carbonyl (C=O) groups excluding carboxylic acids is 1. The minimum Gasteiger partial charge on any atom is -0.444 e. The zero-order valence-corrected chi connectivity index (χ0v) is 13.4. The fourth-order valence-electron chi connectivity index (χ4n) is 3.32. The zero-order chi connectivity index (χ0) is 15.5. The molecule has 2 fully saturated rings. The summed E-state index contributed by atoms with van der Waals surface area (Å²) in [6.45, 7) is 8.81. The average Bonchev–Trinajstić information content (AvgIpc) is 2.46. The van der Waals surface area contributed by atoms with Gasteiger partial charge in [-0.15, -0.1) is 4.91 Å². The third kappa shape index (κ3) is 4.58. The number of carbonyl (C=O) groups is 1. The van der Waals surface area contributed by atoms with Crippen LogP contribution in [0.2, 0.25) is 0 Å². The molecule has 0 atom stereocenters. The predicted octanol–water partition coefficient (Wildman–Crippen LogP) is 3.03. The van der Waals surface area contributed by atoms with E-state index in [0.717, 1.165) is 51.9 Å². The van der Waals surface area contributed by atoms with Crippen LogP contribution >= 0.6 is 0 Å². The molecule has 0 aromatic heterocycles. The largest absolute Gasteiger partial charge is 0.444 e. The lowest BCUT2D eigenvalue weighted by atomic mass is 9.79. The molecule has 0 saturated carbocycles. The van der Waals surface area contributed by atoms with Crippen LogP contribution < -0.4 is 0 Å². The van der Waals surface area contributed by atoms with Crippen molar-refractivity contribution < 1.29 is 9.53 Å². The molecule has 120 valence electrons. The first kappa shape index (κ1) is 16.0. The van der Waals surface area contributed by atoms with Crippen molar-refractivity contribution in [3.8, 4) is 0 Å². The Bertz CT molecular complexity index is 365. The van der Waals surface area contributed by atoms with Gasteiger partial charge < -0.3 is 9.64 Å². The SMILES string of the molecule is CC(C)(C)OC(=O)N1CCC(C2CCN(N=O)CC2)CC1. The number of likely N-dealkylation sites (tertiary alicyclic amines) is 1. The van der Waals surface area contributed by atoms with Crippen LogP contribution in [0, 0.1) is 16.7 Å². The third-order valence-electron chi connectivity index (χ3n) is 4.49. The Labute approximate surface area is 126 Å². The molecule has 2 aliphatic heterocycles. The van der Waals surface area contributed by atoms with Crippen LogP contribution in [0.4, 0.5) is 4.79 Å². The monoisotopic (exact) mass is 297 g/mol. The van der Waals surface area contributed by atoms with Gasteiger partial charge in [-0.2, -0.15) is 0 Å². The van der Waals surface area contributed by atoms with Crippen molar-refractivity contribution in [3.63, 3.8) is 0 Å². The van der Waals surface area contributed by atoms with E-state index < -0.39 is 5.60 Å². The van der Waals surface area contributed by atoms with Gasteiger partial charge in [0, 0.05) is 26.2 Å². The molecule has 0 aromatic carbocycles. The van der Waals surface area contributed by atoms with Gasteiger partial charge in [-0.3, -0.25) is 5.01 Å². The Kier molecular flexibility index (Phi) is 5.06. The Hall–Kier alpha value is -1.33. The lowest BCUT2D eigenvalue weighted by Crippen LogP contribution is -2.44. The van der Waals surface area contributed by atoms with E-state index in [2.05, 4.69) is 5.29 Å². The number of nitrogens with zero attached hydrogens (tertiary/aromatic N) is 3. The van der Waals surface area contributed by atoms with Gasteiger partial charge in [0.2, 0.25) is 0 Å². The first-order valence-corrected chi connectivity index (χ1v) is 7.95. The summed E-state index contributed by atoms with van der Waals surface area (Å²) in [5.74, 6) is 1.33. The molecule has 0 N–H and O–H groups in total. The topological polar surface area (TPSA) is 62.2 Å². The van der Waals surface area contributed by atoms with Gasteiger partial charge in [-0.1, -0.05) is 0 Å². The summed E-state index contributed by atoms with van der Waals surface area (Å²) in [4.78, 5) is 24.3. The van der Waals surface area contributed by atoms with Crippen LogP contribution in [-0.4, -0.2) is 47.8 Å². The van der Waals surface area contributed by atoms with Crippen LogP contribution in [0.25, 0.3) is 0 Å². The maximum absolute atomic E-state index is 12.0. The zero-order valence-electron chi connectivity index (χ0n) is 13.4. The second-order valence-corrected chi connectivity index (χ2v) is 7.18. The quantitative estimate of drug-likeness (QED) is 0.735. The summed E-state index contributed by atoms with van der Waals surface area (Å²) in [5.41, 5.74) is -0.428. The van der Waals surface area contributed by atoms with Crippen LogP contribution in [-0.2, 0) is 4.74 Å². The highest BCUT2D eigenvalue weighted by Gasteiger charge is 2.32. The summed E-state index contributed by atoms with van der Waals surface area (Å²) in [7, 11) is 0. The Balaban J connectivity index is 1.76. The Morgan fingerprint density at radius 1 is 1.00 bits per heavy atom. The van der Waals surface area contributed by atoms with Crippen molar-refractivity contribution in [2.45, 2.75) is 52.1 Å². The minimum absolute atomic E-state index is 0.194. The lowest BCUT2D eigenvalue weighted by molar-refractivity contribution is 0.0136. The molecule has 0 radical (unpaired) electrons. The average molecular weight is 297 g/mol. The molecule has 6 nitrogen and oxygen atoms in total. The van der Waals surface area contributed by atoms with E-state index in [1.54, 1.807) is 5.01 Å². The van der Waals surface area contributed by atoms with Crippen LogP contribution in [0.3, 0.4) is 0 Å². The summed E-state index contributed by atoms with van der Waals surface area (Å²) < 4.78 is 5.42. The third-order valence-corrected chi connectivity index (χ3v) is 4.49. The molecule has 2 aliphatic rings. The highest BCUT2D eigenvalue weighted by atomic mass is 16.6. The van der Waals surface area contributed by atoms with Crippen LogP contribution in [0.5, 0.6) is 0 Å². The highest BCUT2D eigenvalue weighted by Crippen LogP contribution is 2.32. The predicted molar refractivity (Wildman–Crippen MR) is 80.6 cm³/mol. The van der Waals surface area contributed by atoms with Gasteiger partial charge in [0.25, 0.3) is 0 Å². The van der Waals surface area contributed by atoms with Crippen molar-refractivity contribution >= 4 is 6.09 Å². The van der Waals surface area contributed by atoms with Crippen molar-refractivity contribution in [2.75, 3.05) is 26.2 Å². The molecule has 0 unspecified atom stereocenters. The van der Waals surface area contributed by atoms with Crippen molar-refractivity contribution in [3.05, 3.63) is 4.91 Å². The lowest BCUT2D eigenvalue weighted by Gasteiger charge is -2.39. The Morgan fingerprint density at radius 3 is 1.90 bits per heavy atom. The van der Waals surface area contributed by atoms with Gasteiger partial charge in [-0.25, -0.2) is 4.79 Å². The maximum Gasteiger partial charge on any atom is 0.410 e. The van der Waals surface area contributed by atoms with Gasteiger partial charge in [0.05, 0.1) is 5.29 Å². The number of hydrogen-bond acceptors (Lipinski definition) is 4. The van der Waals surface area contributed by atoms with Crippen LogP contribution in [0.1, 0.15) is 46.5 Å². The van der Waals surface area contributed by atoms with Gasteiger partial charge >= 0.3 is 6.09 Å². The number of piperidine rings is 2. The summed E-state index contributed by atoms with van der Waals surface area (Å²) >= 11 is 0. The standard InChI is InChI=1S/C15H27N3O3/c1-15(2,3)21-14(19)17-8-4-12(5-9-17)13-6-10-18(16-20)11-7-13/h12-13H,4-11H2,1-3H3. The molecular formula is C15H27N3O3. The van der Waals surface area contributed by atoms with E-state index in [1.165, 1.54) is 0 Å². The van der Waals surface area contributed by atoms with Crippen molar-refractivity contribution in [2.24, 2.45) is 17.1 Å². The first-order valence-electron chi connectivity index (χ1n) is 7.95. The van der Waals surface area contributed by atoms with E-state index in [9.17, 15) is 9.70 Å². The first-order chi connectivity index (χ1) is 9.89. The Morgan fingerprint density at radius 2 is 1.48 bits per heavy atom. The molecular weight excluding hydrogens is 270 g/mol. The van der Waals surface area contributed by atoms with E-state index in [1.807, 2.05) is 25.7 Å². The molecule has 2 saturated heterocycles. The smallest absolute Gasteiger partial charge is 0.410 e. The molecule has 21 heavy (non-hydrogen) atoms. The molecule has 6 heteroatoms. The summed E-state index contributed by atoms with van der Waals surface area (Å²) in [5, 5.41) is 4.63. The van der Waals surface area contributed by atoms with Gasteiger partial charge in [0.1, 0.15) is 5.60 Å². The normalized spacial score (nSPS) is 22.2. The van der Waals surface area contributed by atoms with Crippen molar-refractivity contribution in [1.29, 1.82) is 0 Å². The van der Waals surface area contributed by atoms with Crippen LogP contribution in [0.15, 0.2) is 5.29 Å². The van der Waals surface area contributed by atoms with Gasteiger partial charge in [0.15, 0.2) is 0 Å². The number of amides is 1. The molecule has 0 bridgehead atoms. The van der Waals surface area contributed by atoms with E-state index in [-0.39, 0.29) is 6.09 Å². The number of hydrogen-bond donors (Lipinski definition) is 0. The highest BCUT2D eigenvalue weighted by molar-refractivity contribution is 5.68. The second-order valence-electron chi connectivity index (χ2n) is 7.18. The van der Waals surface area contributed by atoms with E-state index in [0.29, 0.717) is 11.8 Å². The van der Waals surface area contributed by atoms with E-state index in [4.69, 9.17) is 4.74 Å². The number of nitroso groups, excluding NO2 is 1. The number of rotatable bonds is 2. The van der Waals surface area contributed by atoms with Gasteiger partial charge in [-0.05, 0) is 58.3 Å². The number of ether oxygens (including phenoxy) is 1. The second kappa shape index (κ2) is 6.62. The molecule has 0 aromatic rings. The fraction of sp³-hybridized carbons (Fsp3) is 0.933. The van der Waals surface area contributed by atoms with E-state index >= 15 is 0 Å². The molecule has 1 amide bonds. The van der Waals surface area contributed by atoms with Crippen molar-refractivity contribution in [1.82, 2.24) is 9.91 Å². The summed E-state index contributed by atoms with van der Waals surface area (Å²) in [6, 6.07) is 0. The maximum atomic E-state index is 12.0. The molecule has 0 spiro atoms. The fourth-order valence-corrected chi connectivity index (χ4v) is 3.32. The molecule has 0 aliphatic carbocycles. The molecule has 2 heterocycles. The molecule has 2 rings (SSSR count). The minimum atomic E-state index is -0.428.